The van der Waals surface area contributed by atoms with Gasteiger partial charge in [0.1, 0.15) is 5.01 Å². The first-order valence-corrected chi connectivity index (χ1v) is 9.05. The summed E-state index contributed by atoms with van der Waals surface area (Å²) in [5.74, 6) is 0.668. The summed E-state index contributed by atoms with van der Waals surface area (Å²) in [6.07, 6.45) is 4.81. The van der Waals surface area contributed by atoms with Crippen molar-refractivity contribution in [3.63, 3.8) is 0 Å². The van der Waals surface area contributed by atoms with Crippen LogP contribution in [0.3, 0.4) is 0 Å². The number of rotatable bonds is 5. The number of aliphatic imine (C=N–C) groups is 1. The van der Waals surface area contributed by atoms with Gasteiger partial charge in [-0.3, -0.25) is 9.79 Å². The average molecular weight is 466 g/mol. The zero-order chi connectivity index (χ0) is 16.7. The summed E-state index contributed by atoms with van der Waals surface area (Å²) in [5, 5.41) is 4.41. The van der Waals surface area contributed by atoms with E-state index in [2.05, 4.69) is 27.1 Å². The highest BCUT2D eigenvalue weighted by molar-refractivity contribution is 14.0. The first-order valence-electron chi connectivity index (χ1n) is 8.23. The lowest BCUT2D eigenvalue weighted by Gasteiger charge is -2.33. The van der Waals surface area contributed by atoms with Crippen LogP contribution in [0.5, 0.6) is 0 Å². The lowest BCUT2D eigenvalue weighted by Crippen LogP contribution is -2.48. The number of piperidine rings is 1. The van der Waals surface area contributed by atoms with Gasteiger partial charge in [0.2, 0.25) is 0 Å². The molecule has 0 saturated carbocycles. The first kappa shape index (κ1) is 21.1. The Morgan fingerprint density at radius 3 is 2.96 bits per heavy atom. The molecule has 0 aromatic carbocycles. The van der Waals surface area contributed by atoms with Crippen molar-refractivity contribution in [2.75, 3.05) is 26.7 Å². The molecule has 2 rings (SSSR count). The topological polar surface area (TPSA) is 66.8 Å². The van der Waals surface area contributed by atoms with E-state index in [-0.39, 0.29) is 35.9 Å². The predicted octanol–water partition coefficient (Wildman–Crippen LogP) is 2.67. The fourth-order valence-corrected chi connectivity index (χ4v) is 3.50. The SMILES string of the molecule is CCOC(=O)C1CCCN(C(=NC)NCc2ncc(CC)s2)C1.I. The summed E-state index contributed by atoms with van der Waals surface area (Å²) in [7, 11) is 1.77. The summed E-state index contributed by atoms with van der Waals surface area (Å²) in [5.41, 5.74) is 0. The molecule has 1 saturated heterocycles. The van der Waals surface area contributed by atoms with Gasteiger partial charge in [-0.25, -0.2) is 4.98 Å². The van der Waals surface area contributed by atoms with Crippen LogP contribution in [-0.2, 0) is 22.5 Å². The quantitative estimate of drug-likeness (QED) is 0.313. The Hall–Kier alpha value is -0.900. The highest BCUT2D eigenvalue weighted by Gasteiger charge is 2.28. The molecule has 24 heavy (non-hydrogen) atoms. The van der Waals surface area contributed by atoms with Crippen LogP contribution in [0.25, 0.3) is 0 Å². The Morgan fingerprint density at radius 1 is 1.54 bits per heavy atom. The Balaban J connectivity index is 0.00000288. The Kier molecular flexibility index (Phi) is 9.57. The normalized spacial score (nSPS) is 18.0. The summed E-state index contributed by atoms with van der Waals surface area (Å²) in [6, 6.07) is 0. The van der Waals surface area contributed by atoms with Crippen LogP contribution in [-0.4, -0.2) is 48.6 Å². The van der Waals surface area contributed by atoms with Gasteiger partial charge in [-0.05, 0) is 26.2 Å². The Morgan fingerprint density at radius 2 is 2.33 bits per heavy atom. The average Bonchev–Trinajstić information content (AvgIpc) is 3.04. The largest absolute Gasteiger partial charge is 0.466 e. The molecule has 1 aromatic rings. The molecule has 0 bridgehead atoms. The van der Waals surface area contributed by atoms with Gasteiger partial charge in [-0.1, -0.05) is 6.92 Å². The monoisotopic (exact) mass is 466 g/mol. The maximum Gasteiger partial charge on any atom is 0.310 e. The molecule has 1 atom stereocenters. The lowest BCUT2D eigenvalue weighted by molar-refractivity contribution is -0.149. The van der Waals surface area contributed by atoms with Gasteiger partial charge in [0.15, 0.2) is 5.96 Å². The van der Waals surface area contributed by atoms with Crippen molar-refractivity contribution in [3.05, 3.63) is 16.1 Å². The molecule has 2 heterocycles. The second-order valence-corrected chi connectivity index (χ2v) is 6.71. The van der Waals surface area contributed by atoms with E-state index in [4.69, 9.17) is 4.74 Å². The third kappa shape index (κ3) is 5.87. The van der Waals surface area contributed by atoms with E-state index in [1.807, 2.05) is 13.1 Å². The minimum atomic E-state index is -0.0971. The maximum absolute atomic E-state index is 12.0. The van der Waals surface area contributed by atoms with Crippen molar-refractivity contribution in [1.82, 2.24) is 15.2 Å². The smallest absolute Gasteiger partial charge is 0.310 e. The number of carbonyl (C=O) groups is 1. The van der Waals surface area contributed by atoms with E-state index < -0.39 is 0 Å². The van der Waals surface area contributed by atoms with Crippen LogP contribution < -0.4 is 5.32 Å². The molecular weight excluding hydrogens is 439 g/mol. The number of nitrogens with one attached hydrogen (secondary N) is 1. The number of aromatic nitrogens is 1. The minimum Gasteiger partial charge on any atom is -0.466 e. The fourth-order valence-electron chi connectivity index (χ4n) is 2.70. The predicted molar refractivity (Wildman–Crippen MR) is 108 cm³/mol. The third-order valence-corrected chi connectivity index (χ3v) is 5.04. The van der Waals surface area contributed by atoms with Crippen molar-refractivity contribution in [2.45, 2.75) is 39.7 Å². The number of thiazole rings is 1. The lowest BCUT2D eigenvalue weighted by atomic mass is 9.98. The molecule has 1 aromatic heterocycles. The van der Waals surface area contributed by atoms with Crippen LogP contribution in [0.4, 0.5) is 0 Å². The van der Waals surface area contributed by atoms with Crippen molar-refractivity contribution in [2.24, 2.45) is 10.9 Å². The van der Waals surface area contributed by atoms with E-state index in [1.165, 1.54) is 4.88 Å². The molecule has 0 amide bonds. The van der Waals surface area contributed by atoms with E-state index in [0.717, 1.165) is 36.8 Å². The molecule has 0 aliphatic carbocycles. The molecule has 0 radical (unpaired) electrons. The highest BCUT2D eigenvalue weighted by Crippen LogP contribution is 2.18. The second-order valence-electron chi connectivity index (χ2n) is 5.51. The second kappa shape index (κ2) is 10.9. The van der Waals surface area contributed by atoms with Gasteiger partial charge in [0, 0.05) is 31.2 Å². The molecule has 1 aliphatic heterocycles. The van der Waals surface area contributed by atoms with Crippen molar-refractivity contribution in [3.8, 4) is 0 Å². The summed E-state index contributed by atoms with van der Waals surface area (Å²) < 4.78 is 5.15. The highest BCUT2D eigenvalue weighted by atomic mass is 127. The van der Waals surface area contributed by atoms with Crippen molar-refractivity contribution < 1.29 is 9.53 Å². The van der Waals surface area contributed by atoms with E-state index in [0.29, 0.717) is 19.7 Å². The van der Waals surface area contributed by atoms with E-state index >= 15 is 0 Å². The molecule has 1 unspecified atom stereocenters. The van der Waals surface area contributed by atoms with Gasteiger partial charge in [0.05, 0.1) is 19.1 Å². The number of carbonyl (C=O) groups excluding carboxylic acids is 1. The first-order chi connectivity index (χ1) is 11.2. The summed E-state index contributed by atoms with van der Waals surface area (Å²) in [4.78, 5) is 24.1. The number of likely N-dealkylation sites (tertiary alicyclic amines) is 1. The molecule has 1 fully saturated rings. The maximum atomic E-state index is 12.0. The van der Waals surface area contributed by atoms with Crippen LogP contribution in [0, 0.1) is 5.92 Å². The molecular formula is C16H27IN4O2S. The molecule has 1 N–H and O–H groups in total. The molecule has 8 heteroatoms. The molecule has 6 nitrogen and oxygen atoms in total. The summed E-state index contributed by atoms with van der Waals surface area (Å²) >= 11 is 1.72. The van der Waals surface area contributed by atoms with Crippen LogP contribution in [0.2, 0.25) is 0 Å². The van der Waals surface area contributed by atoms with Gasteiger partial charge >= 0.3 is 5.97 Å². The number of hydrogen-bond donors (Lipinski definition) is 1. The van der Waals surface area contributed by atoms with Gasteiger partial charge in [-0.15, -0.1) is 35.3 Å². The van der Waals surface area contributed by atoms with Gasteiger partial charge in [-0.2, -0.15) is 0 Å². The fraction of sp³-hybridized carbons (Fsp3) is 0.688. The third-order valence-electron chi connectivity index (χ3n) is 3.90. The van der Waals surface area contributed by atoms with Crippen molar-refractivity contribution in [1.29, 1.82) is 0 Å². The number of esters is 1. The number of ether oxygens (including phenoxy) is 1. The van der Waals surface area contributed by atoms with Gasteiger partial charge < -0.3 is 15.0 Å². The summed E-state index contributed by atoms with van der Waals surface area (Å²) in [6.45, 7) is 6.65. The van der Waals surface area contributed by atoms with E-state index in [1.54, 1.807) is 18.4 Å². The number of nitrogens with zero attached hydrogens (tertiary/aromatic N) is 3. The zero-order valence-corrected chi connectivity index (χ0v) is 17.7. The number of guanidine groups is 1. The number of hydrogen-bond acceptors (Lipinski definition) is 5. The zero-order valence-electron chi connectivity index (χ0n) is 14.6. The number of halogens is 1. The number of aryl methyl sites for hydroxylation is 1. The van der Waals surface area contributed by atoms with Crippen LogP contribution in [0.15, 0.2) is 11.2 Å². The minimum absolute atomic E-state index is 0. The molecule has 136 valence electrons. The van der Waals surface area contributed by atoms with E-state index in [9.17, 15) is 4.79 Å². The standard InChI is InChI=1S/C16H26N4O2S.HI/c1-4-13-9-18-14(23-13)10-19-16(17-3)20-8-6-7-12(11-20)15(21)22-5-2;/h9,12H,4-8,10-11H2,1-3H3,(H,17,19);1H. The Bertz CT molecular complexity index is 550. The molecule has 0 spiro atoms. The molecule has 1 aliphatic rings. The van der Waals surface area contributed by atoms with Crippen molar-refractivity contribution >= 4 is 47.2 Å². The van der Waals surface area contributed by atoms with Crippen LogP contribution >= 0.6 is 35.3 Å². The van der Waals surface area contributed by atoms with Crippen LogP contribution in [0.1, 0.15) is 36.6 Å². The van der Waals surface area contributed by atoms with Gasteiger partial charge in [0.25, 0.3) is 0 Å². The Labute approximate surface area is 165 Å².